The second-order valence-electron chi connectivity index (χ2n) is 6.24. The highest BCUT2D eigenvalue weighted by Gasteiger charge is 2.20. The van der Waals surface area contributed by atoms with Crippen molar-refractivity contribution in [2.24, 2.45) is 7.05 Å². The van der Waals surface area contributed by atoms with E-state index in [0.717, 1.165) is 33.6 Å². The van der Waals surface area contributed by atoms with E-state index in [-0.39, 0.29) is 11.6 Å². The van der Waals surface area contributed by atoms with E-state index in [1.54, 1.807) is 10.9 Å². The van der Waals surface area contributed by atoms with Crippen molar-refractivity contribution in [1.29, 1.82) is 0 Å². The molecule has 0 amide bonds. The summed E-state index contributed by atoms with van der Waals surface area (Å²) in [5.74, 6) is 0. The zero-order chi connectivity index (χ0) is 16.9. The van der Waals surface area contributed by atoms with E-state index in [1.165, 1.54) is 0 Å². The first-order valence-corrected chi connectivity index (χ1v) is 7.80. The summed E-state index contributed by atoms with van der Waals surface area (Å²) in [5.41, 5.74) is 6.10. The quantitative estimate of drug-likeness (QED) is 0.731. The van der Waals surface area contributed by atoms with Crippen molar-refractivity contribution in [3.8, 4) is 0 Å². The fourth-order valence-corrected chi connectivity index (χ4v) is 3.26. The molecule has 1 aromatic carbocycles. The van der Waals surface area contributed by atoms with Crippen LogP contribution in [0.2, 0.25) is 0 Å². The standard InChI is InChI=1S/C18H22N4O/c1-10-7-8-15-17(11(10)2)19-9-22(18(15)23)14(5)16-12(3)20-21(6)13(16)4/h7-9,14H,1-6H3/t14-/m0/s1. The van der Waals surface area contributed by atoms with Crippen LogP contribution in [0.1, 0.15) is 41.0 Å². The van der Waals surface area contributed by atoms with Crippen LogP contribution in [-0.4, -0.2) is 19.3 Å². The molecule has 2 heterocycles. The van der Waals surface area contributed by atoms with Gasteiger partial charge >= 0.3 is 0 Å². The topological polar surface area (TPSA) is 52.7 Å². The van der Waals surface area contributed by atoms with Crippen LogP contribution in [0.15, 0.2) is 23.3 Å². The minimum absolute atomic E-state index is 0.00625. The van der Waals surface area contributed by atoms with Crippen molar-refractivity contribution < 1.29 is 0 Å². The van der Waals surface area contributed by atoms with E-state index in [0.29, 0.717) is 5.39 Å². The molecule has 0 N–H and O–H groups in total. The lowest BCUT2D eigenvalue weighted by Gasteiger charge is -2.17. The molecule has 0 aliphatic carbocycles. The molecule has 3 rings (SSSR count). The first-order valence-electron chi connectivity index (χ1n) is 7.80. The average molecular weight is 310 g/mol. The van der Waals surface area contributed by atoms with E-state index in [1.807, 2.05) is 58.5 Å². The first-order chi connectivity index (χ1) is 10.8. The van der Waals surface area contributed by atoms with Crippen molar-refractivity contribution in [3.63, 3.8) is 0 Å². The number of nitrogens with zero attached hydrogens (tertiary/aromatic N) is 4. The van der Waals surface area contributed by atoms with Gasteiger partial charge in [-0.1, -0.05) is 6.07 Å². The molecular weight excluding hydrogens is 288 g/mol. The molecule has 3 aromatic rings. The summed E-state index contributed by atoms with van der Waals surface area (Å²) < 4.78 is 3.56. The first kappa shape index (κ1) is 15.5. The van der Waals surface area contributed by atoms with Gasteiger partial charge in [-0.2, -0.15) is 5.10 Å². The normalized spacial score (nSPS) is 12.8. The number of hydrogen-bond acceptors (Lipinski definition) is 3. The van der Waals surface area contributed by atoms with E-state index in [9.17, 15) is 4.79 Å². The SMILES string of the molecule is Cc1ccc2c(=O)n([C@@H](C)c3c(C)nn(C)c3C)cnc2c1C. The van der Waals surface area contributed by atoms with Gasteiger partial charge in [0.25, 0.3) is 5.56 Å². The molecule has 0 aliphatic heterocycles. The lowest BCUT2D eigenvalue weighted by molar-refractivity contribution is 0.601. The van der Waals surface area contributed by atoms with Gasteiger partial charge in [-0.3, -0.25) is 14.0 Å². The second kappa shape index (κ2) is 5.33. The van der Waals surface area contributed by atoms with Gasteiger partial charge in [-0.25, -0.2) is 4.98 Å². The molecule has 0 fully saturated rings. The number of hydrogen-bond donors (Lipinski definition) is 0. The predicted molar refractivity (Wildman–Crippen MR) is 92.0 cm³/mol. The van der Waals surface area contributed by atoms with Crippen molar-refractivity contribution in [2.75, 3.05) is 0 Å². The molecule has 0 saturated carbocycles. The molecule has 0 aliphatic rings. The number of fused-ring (bicyclic) bond motifs is 1. The van der Waals surface area contributed by atoms with Crippen molar-refractivity contribution in [1.82, 2.24) is 19.3 Å². The Balaban J connectivity index is 2.23. The van der Waals surface area contributed by atoms with E-state index in [2.05, 4.69) is 10.1 Å². The third kappa shape index (κ3) is 2.27. The van der Waals surface area contributed by atoms with Gasteiger partial charge < -0.3 is 0 Å². The highest BCUT2D eigenvalue weighted by atomic mass is 16.1. The summed E-state index contributed by atoms with van der Waals surface area (Å²) in [6, 6.07) is 3.75. The maximum atomic E-state index is 12.9. The molecular formula is C18H22N4O. The van der Waals surface area contributed by atoms with Gasteiger partial charge in [0.15, 0.2) is 0 Å². The van der Waals surface area contributed by atoms with Gasteiger partial charge in [-0.15, -0.1) is 0 Å². The molecule has 0 unspecified atom stereocenters. The minimum Gasteiger partial charge on any atom is -0.291 e. The largest absolute Gasteiger partial charge is 0.291 e. The third-order valence-corrected chi connectivity index (χ3v) is 4.88. The van der Waals surface area contributed by atoms with Crippen LogP contribution in [0.3, 0.4) is 0 Å². The Hall–Kier alpha value is -2.43. The van der Waals surface area contributed by atoms with E-state index >= 15 is 0 Å². The summed E-state index contributed by atoms with van der Waals surface area (Å²) >= 11 is 0. The molecule has 23 heavy (non-hydrogen) atoms. The zero-order valence-corrected chi connectivity index (χ0v) is 14.5. The smallest absolute Gasteiger partial charge is 0.261 e. The van der Waals surface area contributed by atoms with E-state index in [4.69, 9.17) is 0 Å². The predicted octanol–water partition coefficient (Wildman–Crippen LogP) is 2.97. The lowest BCUT2D eigenvalue weighted by atomic mass is 10.0. The fraction of sp³-hybridized carbons (Fsp3) is 0.389. The molecule has 5 nitrogen and oxygen atoms in total. The third-order valence-electron chi connectivity index (χ3n) is 4.88. The van der Waals surface area contributed by atoms with Crippen LogP contribution in [0, 0.1) is 27.7 Å². The monoisotopic (exact) mass is 310 g/mol. The zero-order valence-electron chi connectivity index (χ0n) is 14.5. The highest BCUT2D eigenvalue weighted by Crippen LogP contribution is 2.24. The Morgan fingerprint density at radius 2 is 1.83 bits per heavy atom. The van der Waals surface area contributed by atoms with Gasteiger partial charge in [0.05, 0.1) is 29.0 Å². The Morgan fingerprint density at radius 1 is 1.13 bits per heavy atom. The van der Waals surface area contributed by atoms with Gasteiger partial charge in [-0.05, 0) is 51.8 Å². The van der Waals surface area contributed by atoms with Crippen molar-refractivity contribution in [2.45, 2.75) is 40.7 Å². The second-order valence-corrected chi connectivity index (χ2v) is 6.24. The number of aryl methyl sites for hydroxylation is 4. The van der Waals surface area contributed by atoms with Crippen LogP contribution in [-0.2, 0) is 7.05 Å². The summed E-state index contributed by atoms with van der Waals surface area (Å²) in [5, 5.41) is 5.12. The highest BCUT2D eigenvalue weighted by molar-refractivity contribution is 5.81. The molecule has 0 spiro atoms. The molecule has 0 saturated heterocycles. The average Bonchev–Trinajstić information content (AvgIpc) is 2.76. The molecule has 0 radical (unpaired) electrons. The Kier molecular flexibility index (Phi) is 3.59. The molecule has 120 valence electrons. The van der Waals surface area contributed by atoms with E-state index < -0.39 is 0 Å². The number of benzene rings is 1. The summed E-state index contributed by atoms with van der Waals surface area (Å²) in [7, 11) is 1.92. The molecule has 2 aromatic heterocycles. The maximum Gasteiger partial charge on any atom is 0.261 e. The van der Waals surface area contributed by atoms with Crippen LogP contribution in [0.4, 0.5) is 0 Å². The summed E-state index contributed by atoms with van der Waals surface area (Å²) in [4.78, 5) is 17.5. The Bertz CT molecular complexity index is 965. The minimum atomic E-state index is -0.102. The number of rotatable bonds is 2. The summed E-state index contributed by atoms with van der Waals surface area (Å²) in [6.07, 6.45) is 1.66. The Labute approximate surface area is 135 Å². The Morgan fingerprint density at radius 3 is 2.43 bits per heavy atom. The van der Waals surface area contributed by atoms with Crippen LogP contribution in [0.25, 0.3) is 10.9 Å². The van der Waals surface area contributed by atoms with Crippen LogP contribution < -0.4 is 5.56 Å². The number of aromatic nitrogens is 4. The summed E-state index contributed by atoms with van der Waals surface area (Å²) in [6.45, 7) is 10.1. The van der Waals surface area contributed by atoms with Crippen LogP contribution in [0.5, 0.6) is 0 Å². The van der Waals surface area contributed by atoms with Crippen LogP contribution >= 0.6 is 0 Å². The van der Waals surface area contributed by atoms with Crippen molar-refractivity contribution >= 4 is 10.9 Å². The molecule has 5 heteroatoms. The van der Waals surface area contributed by atoms with Gasteiger partial charge in [0.1, 0.15) is 0 Å². The van der Waals surface area contributed by atoms with Gasteiger partial charge in [0.2, 0.25) is 0 Å². The molecule has 0 bridgehead atoms. The maximum absolute atomic E-state index is 12.9. The molecule has 1 atom stereocenters. The van der Waals surface area contributed by atoms with Crippen molar-refractivity contribution in [3.05, 3.63) is 56.9 Å². The lowest BCUT2D eigenvalue weighted by Crippen LogP contribution is -2.25. The van der Waals surface area contributed by atoms with Gasteiger partial charge in [0, 0.05) is 18.3 Å². The fourth-order valence-electron chi connectivity index (χ4n) is 3.26.